The lowest BCUT2D eigenvalue weighted by Crippen LogP contribution is -2.52. The lowest BCUT2D eigenvalue weighted by Gasteiger charge is -2.36. The molecule has 1 aromatic rings. The topological polar surface area (TPSA) is 60.9 Å². The predicted octanol–water partition coefficient (Wildman–Crippen LogP) is 1.49. The van der Waals surface area contributed by atoms with Crippen LogP contribution in [0, 0.1) is 5.92 Å². The lowest BCUT2D eigenvalue weighted by molar-refractivity contribution is -0.137. The Morgan fingerprint density at radius 1 is 1.16 bits per heavy atom. The highest BCUT2D eigenvalue weighted by molar-refractivity contribution is 6.30. The van der Waals surface area contributed by atoms with E-state index in [2.05, 4.69) is 0 Å². The van der Waals surface area contributed by atoms with Crippen molar-refractivity contribution in [1.29, 1.82) is 0 Å². The minimum Gasteiger partial charge on any atom is -0.342 e. The van der Waals surface area contributed by atoms with Gasteiger partial charge < -0.3 is 14.7 Å². The molecule has 7 heteroatoms. The third-order valence-electron chi connectivity index (χ3n) is 4.90. The molecule has 0 aliphatic carbocycles. The lowest BCUT2D eigenvalue weighted by atomic mass is 10.1. The van der Waals surface area contributed by atoms with Gasteiger partial charge >= 0.3 is 0 Å². The van der Waals surface area contributed by atoms with E-state index in [9.17, 15) is 14.4 Å². The molecule has 0 saturated carbocycles. The highest BCUT2D eigenvalue weighted by Crippen LogP contribution is 2.21. The van der Waals surface area contributed by atoms with Crippen molar-refractivity contribution in [2.75, 3.05) is 39.3 Å². The molecule has 2 aliphatic rings. The number of nitrogens with zero attached hydrogens (tertiary/aromatic N) is 3. The van der Waals surface area contributed by atoms with Gasteiger partial charge in [0, 0.05) is 56.3 Å². The zero-order valence-electron chi connectivity index (χ0n) is 14.3. The van der Waals surface area contributed by atoms with Crippen molar-refractivity contribution in [3.05, 3.63) is 34.9 Å². The first-order chi connectivity index (χ1) is 12.0. The molecule has 0 aromatic heterocycles. The average Bonchev–Trinajstić information content (AvgIpc) is 3.01. The van der Waals surface area contributed by atoms with Gasteiger partial charge in [0.25, 0.3) is 5.91 Å². The Morgan fingerprint density at radius 3 is 2.44 bits per heavy atom. The van der Waals surface area contributed by atoms with Crippen LogP contribution < -0.4 is 0 Å². The van der Waals surface area contributed by atoms with Crippen molar-refractivity contribution in [2.24, 2.45) is 5.92 Å². The van der Waals surface area contributed by atoms with Gasteiger partial charge in [-0.2, -0.15) is 0 Å². The molecule has 1 atom stereocenters. The molecule has 0 spiro atoms. The number of rotatable bonds is 3. The Balaban J connectivity index is 1.56. The smallest absolute Gasteiger partial charge is 0.254 e. The van der Waals surface area contributed by atoms with Crippen LogP contribution in [0.2, 0.25) is 5.02 Å². The standard InChI is InChI=1S/C18H22ClN3O3/c1-2-20-12-14(11-16(20)23)18(25)22-8-6-21(7-9-22)17(24)13-4-3-5-15(19)10-13/h3-5,10,14H,2,6-9,11-12H2,1H3/t14-/m1/s1. The van der Waals surface area contributed by atoms with E-state index in [0.717, 1.165) is 0 Å². The van der Waals surface area contributed by atoms with Crippen LogP contribution in [-0.2, 0) is 9.59 Å². The van der Waals surface area contributed by atoms with Gasteiger partial charge in [-0.15, -0.1) is 0 Å². The first-order valence-corrected chi connectivity index (χ1v) is 8.98. The van der Waals surface area contributed by atoms with E-state index >= 15 is 0 Å². The van der Waals surface area contributed by atoms with Crippen molar-refractivity contribution < 1.29 is 14.4 Å². The maximum Gasteiger partial charge on any atom is 0.254 e. The molecule has 0 unspecified atom stereocenters. The van der Waals surface area contributed by atoms with Gasteiger partial charge in [-0.05, 0) is 25.1 Å². The third kappa shape index (κ3) is 3.79. The quantitative estimate of drug-likeness (QED) is 0.817. The summed E-state index contributed by atoms with van der Waals surface area (Å²) in [5.41, 5.74) is 0.562. The summed E-state index contributed by atoms with van der Waals surface area (Å²) in [4.78, 5) is 42.2. The van der Waals surface area contributed by atoms with Gasteiger partial charge in [0.2, 0.25) is 11.8 Å². The Kier molecular flexibility index (Phi) is 5.27. The number of piperazine rings is 1. The monoisotopic (exact) mass is 363 g/mol. The number of carbonyl (C=O) groups excluding carboxylic acids is 3. The van der Waals surface area contributed by atoms with Gasteiger partial charge in [-0.3, -0.25) is 14.4 Å². The van der Waals surface area contributed by atoms with E-state index in [-0.39, 0.29) is 23.6 Å². The van der Waals surface area contributed by atoms with Gasteiger partial charge in [0.15, 0.2) is 0 Å². The second-order valence-electron chi connectivity index (χ2n) is 6.46. The maximum atomic E-state index is 12.6. The minimum atomic E-state index is -0.248. The number of halogens is 1. The fourth-order valence-electron chi connectivity index (χ4n) is 3.44. The predicted molar refractivity (Wildman–Crippen MR) is 94.3 cm³/mol. The summed E-state index contributed by atoms with van der Waals surface area (Å²) in [6.45, 7) is 5.07. The second-order valence-corrected chi connectivity index (χ2v) is 6.90. The normalized spacial score (nSPS) is 21.0. The Hall–Kier alpha value is -2.08. The molecule has 0 N–H and O–H groups in total. The molecular weight excluding hydrogens is 342 g/mol. The van der Waals surface area contributed by atoms with E-state index in [1.807, 2.05) is 6.92 Å². The summed E-state index contributed by atoms with van der Waals surface area (Å²) < 4.78 is 0. The van der Waals surface area contributed by atoms with Crippen molar-refractivity contribution in [3.8, 4) is 0 Å². The number of carbonyl (C=O) groups is 3. The summed E-state index contributed by atoms with van der Waals surface area (Å²) in [7, 11) is 0. The number of likely N-dealkylation sites (tertiary alicyclic amines) is 1. The molecule has 2 heterocycles. The molecule has 2 saturated heterocycles. The van der Waals surface area contributed by atoms with Crippen LogP contribution in [0.15, 0.2) is 24.3 Å². The third-order valence-corrected chi connectivity index (χ3v) is 5.13. The highest BCUT2D eigenvalue weighted by Gasteiger charge is 2.36. The molecule has 3 rings (SSSR count). The van der Waals surface area contributed by atoms with Crippen molar-refractivity contribution in [2.45, 2.75) is 13.3 Å². The Labute approximate surface area is 152 Å². The zero-order valence-corrected chi connectivity index (χ0v) is 15.0. The zero-order chi connectivity index (χ0) is 18.0. The van der Waals surface area contributed by atoms with Crippen molar-refractivity contribution in [1.82, 2.24) is 14.7 Å². The van der Waals surface area contributed by atoms with E-state index in [0.29, 0.717) is 56.3 Å². The van der Waals surface area contributed by atoms with Gasteiger partial charge in [0.05, 0.1) is 5.92 Å². The SMILES string of the molecule is CCN1C[C@H](C(=O)N2CCN(C(=O)c3cccc(Cl)c3)CC2)CC1=O. The largest absolute Gasteiger partial charge is 0.342 e. The summed E-state index contributed by atoms with van der Waals surface area (Å²) in [5.74, 6) is -0.236. The average molecular weight is 364 g/mol. The Bertz CT molecular complexity index is 686. The van der Waals surface area contributed by atoms with Crippen LogP contribution in [-0.4, -0.2) is 71.7 Å². The van der Waals surface area contributed by atoms with Gasteiger partial charge in [-0.25, -0.2) is 0 Å². The summed E-state index contributed by atoms with van der Waals surface area (Å²) in [5, 5.41) is 0.533. The molecular formula is C18H22ClN3O3. The number of hydrogen-bond donors (Lipinski definition) is 0. The minimum absolute atomic E-state index is 0.0270. The van der Waals surface area contributed by atoms with Crippen LogP contribution in [0.1, 0.15) is 23.7 Å². The van der Waals surface area contributed by atoms with Crippen molar-refractivity contribution in [3.63, 3.8) is 0 Å². The molecule has 0 radical (unpaired) electrons. The van der Waals surface area contributed by atoms with E-state index in [1.54, 1.807) is 39.0 Å². The fourth-order valence-corrected chi connectivity index (χ4v) is 3.63. The van der Waals surface area contributed by atoms with Gasteiger partial charge in [0.1, 0.15) is 0 Å². The second kappa shape index (κ2) is 7.44. The molecule has 25 heavy (non-hydrogen) atoms. The van der Waals surface area contributed by atoms with Gasteiger partial charge in [-0.1, -0.05) is 17.7 Å². The number of hydrogen-bond acceptors (Lipinski definition) is 3. The summed E-state index contributed by atoms with van der Waals surface area (Å²) in [6.07, 6.45) is 0.300. The first kappa shape index (κ1) is 17.7. The molecule has 6 nitrogen and oxygen atoms in total. The molecule has 2 fully saturated rings. The van der Waals surface area contributed by atoms with Crippen LogP contribution in [0.4, 0.5) is 0 Å². The highest BCUT2D eigenvalue weighted by atomic mass is 35.5. The maximum absolute atomic E-state index is 12.6. The Morgan fingerprint density at radius 2 is 1.84 bits per heavy atom. The van der Waals surface area contributed by atoms with Crippen LogP contribution in [0.25, 0.3) is 0 Å². The van der Waals surface area contributed by atoms with Crippen LogP contribution in [0.5, 0.6) is 0 Å². The molecule has 134 valence electrons. The molecule has 0 bridgehead atoms. The van der Waals surface area contributed by atoms with Crippen molar-refractivity contribution >= 4 is 29.3 Å². The summed E-state index contributed by atoms with van der Waals surface area (Å²) in [6, 6.07) is 6.89. The fraction of sp³-hybridized carbons (Fsp3) is 0.500. The van der Waals surface area contributed by atoms with Crippen LogP contribution >= 0.6 is 11.6 Å². The molecule has 3 amide bonds. The molecule has 1 aromatic carbocycles. The van der Waals surface area contributed by atoms with E-state index in [4.69, 9.17) is 11.6 Å². The van der Waals surface area contributed by atoms with E-state index < -0.39 is 0 Å². The summed E-state index contributed by atoms with van der Waals surface area (Å²) >= 11 is 5.95. The number of benzene rings is 1. The van der Waals surface area contributed by atoms with E-state index in [1.165, 1.54) is 0 Å². The number of amides is 3. The molecule has 2 aliphatic heterocycles. The first-order valence-electron chi connectivity index (χ1n) is 8.61. The van der Waals surface area contributed by atoms with Crippen LogP contribution in [0.3, 0.4) is 0 Å².